The van der Waals surface area contributed by atoms with Crippen LogP contribution in [0.25, 0.3) is 0 Å². The zero-order chi connectivity index (χ0) is 23.0. The van der Waals surface area contributed by atoms with Gasteiger partial charge in [0.2, 0.25) is 0 Å². The number of rotatable bonds is 4. The molecule has 0 saturated carbocycles. The molecule has 0 fully saturated rings. The first-order valence-electron chi connectivity index (χ1n) is 10.8. The second-order valence-electron chi connectivity index (χ2n) is 9.38. The van der Waals surface area contributed by atoms with Gasteiger partial charge in [-0.3, -0.25) is 9.59 Å². The molecule has 2 aromatic rings. The highest BCUT2D eigenvalue weighted by molar-refractivity contribution is 6.09. The predicted octanol–water partition coefficient (Wildman–Crippen LogP) is 4.64. The van der Waals surface area contributed by atoms with E-state index in [1.165, 1.54) is 0 Å². The van der Waals surface area contributed by atoms with Crippen LogP contribution in [0.15, 0.2) is 65.1 Å². The number of allylic oxidation sites excluding steroid dienone is 3. The van der Waals surface area contributed by atoms with Gasteiger partial charge in [-0.1, -0.05) is 26.0 Å². The number of ketones is 1. The molecule has 0 radical (unpaired) electrons. The molecule has 2 aliphatic rings. The van der Waals surface area contributed by atoms with Crippen LogP contribution in [0.4, 0.5) is 5.82 Å². The van der Waals surface area contributed by atoms with Crippen molar-refractivity contribution in [1.82, 2.24) is 10.3 Å². The number of carbonyl (C=O) groups is 2. The molecule has 1 aromatic heterocycles. The molecule has 1 aromatic carbocycles. The number of ether oxygens (including phenoxy) is 1. The lowest BCUT2D eigenvalue weighted by Gasteiger charge is -2.39. The van der Waals surface area contributed by atoms with Crippen molar-refractivity contribution in [3.05, 3.63) is 76.3 Å². The van der Waals surface area contributed by atoms with Gasteiger partial charge in [-0.25, -0.2) is 4.98 Å². The summed E-state index contributed by atoms with van der Waals surface area (Å²) in [5.74, 6) is 0.489. The number of Topliss-reactive ketones (excluding diaryl/α,β-unsaturated/α-hetero) is 1. The van der Waals surface area contributed by atoms with E-state index in [1.54, 1.807) is 13.3 Å². The molecule has 2 heterocycles. The van der Waals surface area contributed by atoms with Gasteiger partial charge in [-0.05, 0) is 61.1 Å². The van der Waals surface area contributed by atoms with Gasteiger partial charge in [0.25, 0.3) is 5.91 Å². The van der Waals surface area contributed by atoms with Crippen LogP contribution in [0.1, 0.15) is 50.7 Å². The highest BCUT2D eigenvalue weighted by atomic mass is 16.5. The van der Waals surface area contributed by atoms with Crippen LogP contribution >= 0.6 is 0 Å². The average Bonchev–Trinajstić information content (AvgIpc) is 2.71. The van der Waals surface area contributed by atoms with E-state index in [9.17, 15) is 9.59 Å². The third-order valence-corrected chi connectivity index (χ3v) is 6.07. The Balaban J connectivity index is 1.82. The predicted molar refractivity (Wildman–Crippen MR) is 124 cm³/mol. The normalized spacial score (nSPS) is 19.9. The zero-order valence-corrected chi connectivity index (χ0v) is 19.2. The number of anilines is 1. The maximum absolute atomic E-state index is 13.5. The summed E-state index contributed by atoms with van der Waals surface area (Å²) in [6.07, 6.45) is 2.86. The fourth-order valence-electron chi connectivity index (χ4n) is 4.68. The van der Waals surface area contributed by atoms with Crippen LogP contribution < -0.4 is 15.4 Å². The number of amides is 1. The maximum atomic E-state index is 13.5. The van der Waals surface area contributed by atoms with Gasteiger partial charge in [0, 0.05) is 41.1 Å². The molecule has 1 aliphatic carbocycles. The fourth-order valence-corrected chi connectivity index (χ4v) is 4.68. The summed E-state index contributed by atoms with van der Waals surface area (Å²) in [5, 5.41) is 6.31. The topological polar surface area (TPSA) is 80.3 Å². The molecule has 0 saturated heterocycles. The second-order valence-corrected chi connectivity index (χ2v) is 9.38. The summed E-state index contributed by atoms with van der Waals surface area (Å²) in [7, 11) is 1.61. The third-order valence-electron chi connectivity index (χ3n) is 6.07. The monoisotopic (exact) mass is 431 g/mol. The van der Waals surface area contributed by atoms with Crippen LogP contribution in [0.5, 0.6) is 5.75 Å². The smallest absolute Gasteiger partial charge is 0.255 e. The van der Waals surface area contributed by atoms with Gasteiger partial charge in [0.05, 0.1) is 7.11 Å². The minimum absolute atomic E-state index is 0.0723. The molecular weight excluding hydrogens is 402 g/mol. The van der Waals surface area contributed by atoms with Crippen molar-refractivity contribution in [2.75, 3.05) is 12.4 Å². The minimum Gasteiger partial charge on any atom is -0.497 e. The number of hydrogen-bond acceptors (Lipinski definition) is 5. The maximum Gasteiger partial charge on any atom is 0.255 e. The largest absolute Gasteiger partial charge is 0.497 e. The van der Waals surface area contributed by atoms with Crippen molar-refractivity contribution in [3.63, 3.8) is 0 Å². The lowest BCUT2D eigenvalue weighted by atomic mass is 9.68. The van der Waals surface area contributed by atoms with E-state index in [0.717, 1.165) is 28.9 Å². The summed E-state index contributed by atoms with van der Waals surface area (Å²) in [6, 6.07) is 11.3. The van der Waals surface area contributed by atoms with Crippen LogP contribution in [0.3, 0.4) is 0 Å². The van der Waals surface area contributed by atoms with Gasteiger partial charge >= 0.3 is 0 Å². The van der Waals surface area contributed by atoms with E-state index < -0.39 is 5.92 Å². The first kappa shape index (κ1) is 21.8. The molecule has 32 heavy (non-hydrogen) atoms. The molecule has 2 N–H and O–H groups in total. The van der Waals surface area contributed by atoms with Crippen molar-refractivity contribution in [2.45, 2.75) is 46.5 Å². The first-order chi connectivity index (χ1) is 15.2. The lowest BCUT2D eigenvalue weighted by Crippen LogP contribution is -2.39. The van der Waals surface area contributed by atoms with E-state index in [-0.39, 0.29) is 17.1 Å². The summed E-state index contributed by atoms with van der Waals surface area (Å²) in [4.78, 5) is 31.2. The summed E-state index contributed by atoms with van der Waals surface area (Å²) < 4.78 is 5.43. The molecule has 6 nitrogen and oxygen atoms in total. The summed E-state index contributed by atoms with van der Waals surface area (Å²) >= 11 is 0. The van der Waals surface area contributed by atoms with E-state index in [4.69, 9.17) is 4.74 Å². The Morgan fingerprint density at radius 3 is 2.69 bits per heavy atom. The number of dihydropyridines is 1. The van der Waals surface area contributed by atoms with Crippen LogP contribution in [-0.2, 0) is 9.59 Å². The number of aromatic nitrogens is 1. The molecule has 166 valence electrons. The van der Waals surface area contributed by atoms with Crippen molar-refractivity contribution >= 4 is 17.5 Å². The summed E-state index contributed by atoms with van der Waals surface area (Å²) in [5.41, 5.74) is 4.57. The Labute approximate surface area is 188 Å². The van der Waals surface area contributed by atoms with Crippen molar-refractivity contribution in [2.24, 2.45) is 5.41 Å². The fraction of sp³-hybridized carbons (Fsp3) is 0.346. The van der Waals surface area contributed by atoms with Crippen LogP contribution in [0.2, 0.25) is 0 Å². The van der Waals surface area contributed by atoms with Crippen molar-refractivity contribution in [3.8, 4) is 5.75 Å². The quantitative estimate of drug-likeness (QED) is 0.737. The molecule has 1 atom stereocenters. The zero-order valence-electron chi connectivity index (χ0n) is 19.2. The van der Waals surface area contributed by atoms with Crippen LogP contribution in [0, 0.1) is 12.3 Å². The average molecular weight is 432 g/mol. The molecule has 0 unspecified atom stereocenters. The van der Waals surface area contributed by atoms with Crippen molar-refractivity contribution in [1.29, 1.82) is 0 Å². The highest BCUT2D eigenvalue weighted by Crippen LogP contribution is 2.47. The lowest BCUT2D eigenvalue weighted by molar-refractivity contribution is -0.118. The highest BCUT2D eigenvalue weighted by Gasteiger charge is 2.42. The van der Waals surface area contributed by atoms with E-state index in [0.29, 0.717) is 29.1 Å². The molecule has 0 spiro atoms. The molecule has 0 bridgehead atoms. The minimum atomic E-state index is -0.477. The van der Waals surface area contributed by atoms with Gasteiger partial charge < -0.3 is 15.4 Å². The molecule has 4 rings (SSSR count). The number of benzene rings is 1. The SMILES string of the molecule is COc1cccc([C@@H]2C(C(=O)Nc3cc(C)ccn3)=C(C)NC3=C2C(=O)CC(C)(C)C3)c1. The Bertz CT molecular complexity index is 1160. The Morgan fingerprint density at radius 1 is 1.19 bits per heavy atom. The number of nitrogens with one attached hydrogen (secondary N) is 2. The molecular formula is C26H29N3O3. The Hall–Kier alpha value is -3.41. The van der Waals surface area contributed by atoms with E-state index in [2.05, 4.69) is 29.5 Å². The molecule has 1 amide bonds. The number of hydrogen-bond donors (Lipinski definition) is 2. The summed E-state index contributed by atoms with van der Waals surface area (Å²) in [6.45, 7) is 8.04. The van der Waals surface area contributed by atoms with Crippen LogP contribution in [-0.4, -0.2) is 23.8 Å². The second kappa shape index (κ2) is 8.26. The Kier molecular flexibility index (Phi) is 5.63. The standard InChI is InChI=1S/C26H29N3O3/c1-15-9-10-27-21(11-15)29-25(31)22-16(2)28-19-13-26(3,4)14-20(30)24(19)23(22)17-7-6-8-18(12-17)32-5/h6-12,23,28H,13-14H2,1-5H3,(H,27,29,31)/t23-/m1/s1. The molecule has 1 aliphatic heterocycles. The van der Waals surface area contributed by atoms with Gasteiger partial charge in [0.1, 0.15) is 11.6 Å². The van der Waals surface area contributed by atoms with Gasteiger partial charge in [-0.2, -0.15) is 0 Å². The van der Waals surface area contributed by atoms with Crippen molar-refractivity contribution < 1.29 is 14.3 Å². The number of nitrogens with zero attached hydrogens (tertiary/aromatic N) is 1. The van der Waals surface area contributed by atoms with E-state index in [1.807, 2.05) is 50.2 Å². The van der Waals surface area contributed by atoms with E-state index >= 15 is 0 Å². The Morgan fingerprint density at radius 2 is 1.97 bits per heavy atom. The number of methoxy groups -OCH3 is 1. The van der Waals surface area contributed by atoms with Gasteiger partial charge in [0.15, 0.2) is 5.78 Å². The van der Waals surface area contributed by atoms with Gasteiger partial charge in [-0.15, -0.1) is 0 Å². The third kappa shape index (κ3) is 4.17. The first-order valence-corrected chi connectivity index (χ1v) is 10.8. The molecule has 6 heteroatoms. The number of pyridine rings is 1. The number of aryl methyl sites for hydroxylation is 1. The number of carbonyl (C=O) groups excluding carboxylic acids is 2.